The van der Waals surface area contributed by atoms with Crippen molar-refractivity contribution >= 4 is 28.4 Å². The normalized spacial score (nSPS) is 18.8. The van der Waals surface area contributed by atoms with Gasteiger partial charge in [0.1, 0.15) is 11.6 Å². The van der Waals surface area contributed by atoms with Crippen molar-refractivity contribution in [1.82, 2.24) is 15.6 Å². The second-order valence-electron chi connectivity index (χ2n) is 6.41. The van der Waals surface area contributed by atoms with Crippen LogP contribution in [0.5, 0.6) is 0 Å². The highest BCUT2D eigenvalue weighted by Gasteiger charge is 2.40. The SMILES string of the molecule is NCCNCCCCCN=C1C(=O)NC(=O)C1c1c[nH]c2ccccc12. The van der Waals surface area contributed by atoms with Crippen LogP contribution in [0.15, 0.2) is 35.5 Å². The summed E-state index contributed by atoms with van der Waals surface area (Å²) in [6.07, 6.45) is 4.74. The number of para-hydroxylation sites is 1. The number of hydrogen-bond donors (Lipinski definition) is 4. The van der Waals surface area contributed by atoms with Crippen molar-refractivity contribution in [1.29, 1.82) is 0 Å². The first-order valence-corrected chi connectivity index (χ1v) is 9.08. The summed E-state index contributed by atoms with van der Waals surface area (Å²) in [5.74, 6) is -1.32. The molecular formula is C19H25N5O2. The highest BCUT2D eigenvalue weighted by atomic mass is 16.2. The zero-order valence-corrected chi connectivity index (χ0v) is 14.8. The molecule has 138 valence electrons. The molecular weight excluding hydrogens is 330 g/mol. The molecule has 1 atom stereocenters. The predicted octanol–water partition coefficient (Wildman–Crippen LogP) is 1.07. The van der Waals surface area contributed by atoms with Gasteiger partial charge >= 0.3 is 0 Å². The van der Waals surface area contributed by atoms with Crippen molar-refractivity contribution < 1.29 is 9.59 Å². The molecule has 7 heteroatoms. The number of carbonyl (C=O) groups excluding carboxylic acids is 2. The van der Waals surface area contributed by atoms with Gasteiger partial charge in [0.05, 0.1) is 0 Å². The van der Waals surface area contributed by atoms with E-state index in [0.29, 0.717) is 18.8 Å². The summed E-state index contributed by atoms with van der Waals surface area (Å²) < 4.78 is 0. The zero-order chi connectivity index (χ0) is 18.4. The molecule has 0 aliphatic carbocycles. The number of amides is 2. The summed E-state index contributed by atoms with van der Waals surface area (Å²) in [5.41, 5.74) is 7.49. The van der Waals surface area contributed by atoms with Crippen LogP contribution in [-0.2, 0) is 9.59 Å². The van der Waals surface area contributed by atoms with E-state index >= 15 is 0 Å². The lowest BCUT2D eigenvalue weighted by Gasteiger charge is -2.07. The molecule has 26 heavy (non-hydrogen) atoms. The molecule has 1 fully saturated rings. The average Bonchev–Trinajstić information content (AvgIpc) is 3.17. The summed E-state index contributed by atoms with van der Waals surface area (Å²) in [7, 11) is 0. The maximum atomic E-state index is 12.3. The van der Waals surface area contributed by atoms with Crippen LogP contribution in [0.1, 0.15) is 30.7 Å². The number of unbranched alkanes of at least 4 members (excludes halogenated alkanes) is 2. The molecule has 1 aromatic carbocycles. The van der Waals surface area contributed by atoms with Gasteiger partial charge in [-0.3, -0.25) is 19.9 Å². The Balaban J connectivity index is 1.65. The van der Waals surface area contributed by atoms with Gasteiger partial charge in [-0.1, -0.05) is 24.6 Å². The molecule has 2 amide bonds. The second kappa shape index (κ2) is 8.73. The van der Waals surface area contributed by atoms with E-state index in [4.69, 9.17) is 5.73 Å². The Labute approximate surface area is 152 Å². The van der Waals surface area contributed by atoms with Gasteiger partial charge in [-0.25, -0.2) is 0 Å². The average molecular weight is 355 g/mol. The van der Waals surface area contributed by atoms with Crippen LogP contribution in [0.3, 0.4) is 0 Å². The van der Waals surface area contributed by atoms with Crippen LogP contribution in [0.4, 0.5) is 0 Å². The first-order valence-electron chi connectivity index (χ1n) is 9.08. The maximum absolute atomic E-state index is 12.3. The molecule has 2 aromatic rings. The number of carbonyl (C=O) groups is 2. The molecule has 5 N–H and O–H groups in total. The lowest BCUT2D eigenvalue weighted by Crippen LogP contribution is -2.23. The fourth-order valence-electron chi connectivity index (χ4n) is 3.25. The molecule has 0 radical (unpaired) electrons. The van der Waals surface area contributed by atoms with Crippen molar-refractivity contribution in [3.8, 4) is 0 Å². The standard InChI is InChI=1S/C19H25N5O2/c20-8-11-21-9-4-1-5-10-22-17-16(18(25)24-19(17)26)14-12-23-15-7-3-2-6-13(14)15/h2-3,6-7,12,16,21,23H,1,4-5,8-11,20H2,(H,24,25,26). The Morgan fingerprint density at radius 1 is 1.12 bits per heavy atom. The Morgan fingerprint density at radius 3 is 2.81 bits per heavy atom. The predicted molar refractivity (Wildman–Crippen MR) is 102 cm³/mol. The van der Waals surface area contributed by atoms with E-state index in [1.165, 1.54) is 0 Å². The molecule has 1 aliphatic rings. The van der Waals surface area contributed by atoms with E-state index in [1.54, 1.807) is 6.20 Å². The summed E-state index contributed by atoms with van der Waals surface area (Å²) in [6.45, 7) is 2.96. The molecule has 7 nitrogen and oxygen atoms in total. The lowest BCUT2D eigenvalue weighted by atomic mass is 9.95. The van der Waals surface area contributed by atoms with Gasteiger partial charge in [-0.2, -0.15) is 0 Å². The largest absolute Gasteiger partial charge is 0.361 e. The van der Waals surface area contributed by atoms with E-state index in [1.807, 2.05) is 24.3 Å². The van der Waals surface area contributed by atoms with Gasteiger partial charge in [-0.15, -0.1) is 0 Å². The first kappa shape index (κ1) is 18.3. The number of nitrogens with one attached hydrogen (secondary N) is 3. The number of imide groups is 1. The van der Waals surface area contributed by atoms with E-state index in [9.17, 15) is 9.59 Å². The number of nitrogens with zero attached hydrogens (tertiary/aromatic N) is 1. The first-order chi connectivity index (χ1) is 12.7. The third-order valence-corrected chi connectivity index (χ3v) is 4.55. The van der Waals surface area contributed by atoms with Gasteiger partial charge in [-0.05, 0) is 31.0 Å². The van der Waals surface area contributed by atoms with Crippen LogP contribution >= 0.6 is 0 Å². The monoisotopic (exact) mass is 355 g/mol. The molecule has 0 spiro atoms. The third kappa shape index (κ3) is 4.00. The van der Waals surface area contributed by atoms with Crippen LogP contribution in [0, 0.1) is 0 Å². The Kier molecular flexibility index (Phi) is 6.14. The van der Waals surface area contributed by atoms with Gasteiger partial charge in [0.2, 0.25) is 5.91 Å². The number of hydrogen-bond acceptors (Lipinski definition) is 5. The fourth-order valence-corrected chi connectivity index (χ4v) is 3.25. The number of fused-ring (bicyclic) bond motifs is 1. The van der Waals surface area contributed by atoms with Gasteiger partial charge in [0.25, 0.3) is 5.91 Å². The van der Waals surface area contributed by atoms with Crippen LogP contribution in [0.25, 0.3) is 10.9 Å². The smallest absolute Gasteiger partial charge is 0.272 e. The minimum atomic E-state index is -0.634. The lowest BCUT2D eigenvalue weighted by molar-refractivity contribution is -0.124. The van der Waals surface area contributed by atoms with Crippen molar-refractivity contribution in [3.63, 3.8) is 0 Å². The Bertz CT molecular complexity index is 811. The number of rotatable bonds is 9. The minimum Gasteiger partial charge on any atom is -0.361 e. The van der Waals surface area contributed by atoms with E-state index in [-0.39, 0.29) is 11.8 Å². The van der Waals surface area contributed by atoms with Gasteiger partial charge in [0.15, 0.2) is 0 Å². The summed E-state index contributed by atoms with van der Waals surface area (Å²) >= 11 is 0. The van der Waals surface area contributed by atoms with Gasteiger partial charge < -0.3 is 16.0 Å². The quantitative estimate of drug-likeness (QED) is 0.398. The maximum Gasteiger partial charge on any atom is 0.272 e. The highest BCUT2D eigenvalue weighted by molar-refractivity contribution is 6.52. The molecule has 1 unspecified atom stereocenters. The molecule has 3 rings (SSSR count). The van der Waals surface area contributed by atoms with E-state index in [2.05, 4.69) is 20.6 Å². The molecule has 0 bridgehead atoms. The molecule has 0 saturated carbocycles. The summed E-state index contributed by atoms with van der Waals surface area (Å²) in [5, 5.41) is 6.60. The fraction of sp³-hybridized carbons (Fsp3) is 0.421. The Hall–Kier alpha value is -2.51. The van der Waals surface area contributed by atoms with Crippen LogP contribution in [0.2, 0.25) is 0 Å². The minimum absolute atomic E-state index is 0.301. The summed E-state index contributed by atoms with van der Waals surface area (Å²) in [4.78, 5) is 32.1. The highest BCUT2D eigenvalue weighted by Crippen LogP contribution is 2.29. The van der Waals surface area contributed by atoms with Gasteiger partial charge in [0, 0.05) is 36.7 Å². The van der Waals surface area contributed by atoms with Crippen molar-refractivity contribution in [2.45, 2.75) is 25.2 Å². The number of nitrogens with two attached hydrogens (primary N) is 1. The number of aliphatic imine (C=N–C) groups is 1. The summed E-state index contributed by atoms with van der Waals surface area (Å²) in [6, 6.07) is 7.75. The number of aromatic amines is 1. The second-order valence-corrected chi connectivity index (χ2v) is 6.41. The Morgan fingerprint density at radius 2 is 1.96 bits per heavy atom. The number of benzene rings is 1. The van der Waals surface area contributed by atoms with E-state index in [0.717, 1.165) is 48.8 Å². The number of aromatic nitrogens is 1. The van der Waals surface area contributed by atoms with Crippen molar-refractivity contribution in [2.75, 3.05) is 26.2 Å². The van der Waals surface area contributed by atoms with Crippen molar-refractivity contribution in [3.05, 3.63) is 36.0 Å². The molecule has 1 saturated heterocycles. The molecule has 1 aromatic heterocycles. The van der Waals surface area contributed by atoms with E-state index < -0.39 is 5.92 Å². The molecule has 2 heterocycles. The topological polar surface area (TPSA) is 112 Å². The number of H-pyrrole nitrogens is 1. The molecule has 1 aliphatic heterocycles. The van der Waals surface area contributed by atoms with Crippen molar-refractivity contribution in [2.24, 2.45) is 10.7 Å². The zero-order valence-electron chi connectivity index (χ0n) is 14.8. The van der Waals surface area contributed by atoms with Crippen LogP contribution in [-0.4, -0.2) is 48.7 Å². The van der Waals surface area contributed by atoms with Crippen LogP contribution < -0.4 is 16.4 Å². The third-order valence-electron chi connectivity index (χ3n) is 4.55.